The van der Waals surface area contributed by atoms with Crippen LogP contribution in [0.5, 0.6) is 0 Å². The van der Waals surface area contributed by atoms with Crippen LogP contribution in [0.25, 0.3) is 0 Å². The molecule has 2 N–H and O–H groups in total. The maximum absolute atomic E-state index is 12.9. The summed E-state index contributed by atoms with van der Waals surface area (Å²) >= 11 is 7.52. The molecular formula is C19H21ClF3N3OS. The molecule has 1 fully saturated rings. The Kier molecular flexibility index (Phi) is 6.50. The van der Waals surface area contributed by atoms with Crippen molar-refractivity contribution in [3.63, 3.8) is 0 Å². The topological polar surface area (TPSA) is 54.0 Å². The average molecular weight is 432 g/mol. The van der Waals surface area contributed by atoms with Crippen molar-refractivity contribution in [2.75, 3.05) is 11.9 Å². The monoisotopic (exact) mass is 431 g/mol. The second-order valence-corrected chi connectivity index (χ2v) is 8.32. The summed E-state index contributed by atoms with van der Waals surface area (Å²) in [4.78, 5) is 16.8. The lowest BCUT2D eigenvalue weighted by atomic mass is 9.86. The van der Waals surface area contributed by atoms with Crippen LogP contribution < -0.4 is 10.6 Å². The summed E-state index contributed by atoms with van der Waals surface area (Å²) in [5.41, 5.74) is -0.0270. The van der Waals surface area contributed by atoms with Crippen LogP contribution in [0.1, 0.15) is 47.3 Å². The van der Waals surface area contributed by atoms with Crippen molar-refractivity contribution < 1.29 is 18.0 Å². The van der Waals surface area contributed by atoms with Crippen LogP contribution in [-0.2, 0) is 6.18 Å². The van der Waals surface area contributed by atoms with Gasteiger partial charge in [-0.05, 0) is 56.7 Å². The number of alkyl halides is 3. The van der Waals surface area contributed by atoms with E-state index in [1.807, 2.05) is 12.3 Å². The van der Waals surface area contributed by atoms with Gasteiger partial charge in [0, 0.05) is 18.0 Å². The largest absolute Gasteiger partial charge is 0.416 e. The smallest absolute Gasteiger partial charge is 0.361 e. The van der Waals surface area contributed by atoms with Crippen molar-refractivity contribution in [2.24, 2.45) is 5.92 Å². The lowest BCUT2D eigenvalue weighted by Crippen LogP contribution is -2.38. The molecule has 9 heteroatoms. The average Bonchev–Trinajstić information content (AvgIpc) is 3.06. The Morgan fingerprint density at radius 3 is 2.61 bits per heavy atom. The highest BCUT2D eigenvalue weighted by atomic mass is 35.5. The molecule has 0 radical (unpaired) electrons. The van der Waals surface area contributed by atoms with E-state index in [-0.39, 0.29) is 16.6 Å². The zero-order valence-electron chi connectivity index (χ0n) is 15.3. The molecule has 3 rings (SSSR count). The predicted octanol–water partition coefficient (Wildman–Crippen LogP) is 5.52. The predicted molar refractivity (Wildman–Crippen MR) is 105 cm³/mol. The van der Waals surface area contributed by atoms with Crippen LogP contribution >= 0.6 is 22.9 Å². The number of thiazole rings is 1. The molecule has 152 valence electrons. The molecule has 2 aromatic rings. The van der Waals surface area contributed by atoms with Gasteiger partial charge in [-0.25, -0.2) is 4.98 Å². The Balaban J connectivity index is 1.51. The van der Waals surface area contributed by atoms with E-state index in [1.54, 1.807) is 11.3 Å². The quantitative estimate of drug-likeness (QED) is 0.655. The van der Waals surface area contributed by atoms with Gasteiger partial charge in [-0.2, -0.15) is 13.2 Å². The first-order chi connectivity index (χ1) is 13.2. The number of hydrogen-bond acceptors (Lipinski definition) is 4. The molecule has 0 saturated heterocycles. The fourth-order valence-corrected chi connectivity index (χ4v) is 4.22. The lowest BCUT2D eigenvalue weighted by Gasteiger charge is -2.29. The molecule has 1 heterocycles. The molecule has 0 atom stereocenters. The molecular weight excluding hydrogens is 411 g/mol. The molecule has 28 heavy (non-hydrogen) atoms. The molecule has 1 saturated carbocycles. The van der Waals surface area contributed by atoms with Crippen LogP contribution in [-0.4, -0.2) is 23.5 Å². The van der Waals surface area contributed by atoms with Gasteiger partial charge in [0.1, 0.15) is 0 Å². The first-order valence-electron chi connectivity index (χ1n) is 9.06. The normalized spacial score (nSPS) is 20.0. The number of aromatic nitrogens is 1. The minimum absolute atomic E-state index is 0.0159. The SMILES string of the molecule is Cc1csc(NCC2CCC(NC(=O)c3cc(C(F)(F)F)ccc3Cl)CC2)n1. The van der Waals surface area contributed by atoms with Gasteiger partial charge in [0.2, 0.25) is 0 Å². The third kappa shape index (κ3) is 5.38. The number of nitrogens with one attached hydrogen (secondary N) is 2. The van der Waals surface area contributed by atoms with Crippen LogP contribution in [0.3, 0.4) is 0 Å². The highest BCUT2D eigenvalue weighted by molar-refractivity contribution is 7.13. The molecule has 4 nitrogen and oxygen atoms in total. The second-order valence-electron chi connectivity index (χ2n) is 7.06. The van der Waals surface area contributed by atoms with E-state index in [2.05, 4.69) is 15.6 Å². The third-order valence-corrected chi connectivity index (χ3v) is 6.13. The van der Waals surface area contributed by atoms with E-state index >= 15 is 0 Å². The summed E-state index contributed by atoms with van der Waals surface area (Å²) in [6, 6.07) is 2.74. The van der Waals surface area contributed by atoms with E-state index in [1.165, 1.54) is 0 Å². The van der Waals surface area contributed by atoms with E-state index < -0.39 is 17.6 Å². The maximum atomic E-state index is 12.9. The third-order valence-electron chi connectivity index (χ3n) is 4.88. The first-order valence-corrected chi connectivity index (χ1v) is 10.3. The highest BCUT2D eigenvalue weighted by Gasteiger charge is 2.32. The Labute approximate surface area is 170 Å². The minimum Gasteiger partial charge on any atom is -0.361 e. The summed E-state index contributed by atoms with van der Waals surface area (Å²) in [5, 5.41) is 9.09. The number of rotatable bonds is 5. The van der Waals surface area contributed by atoms with Gasteiger partial charge < -0.3 is 10.6 Å². The molecule has 1 aliphatic carbocycles. The van der Waals surface area contributed by atoms with Crippen LogP contribution in [0.2, 0.25) is 5.02 Å². The maximum Gasteiger partial charge on any atom is 0.416 e. The van der Waals surface area contributed by atoms with Gasteiger partial charge >= 0.3 is 6.18 Å². The molecule has 0 unspecified atom stereocenters. The molecule has 0 spiro atoms. The molecule has 1 aromatic heterocycles. The summed E-state index contributed by atoms with van der Waals surface area (Å²) in [6.45, 7) is 2.78. The number of halogens is 4. The van der Waals surface area contributed by atoms with E-state index in [9.17, 15) is 18.0 Å². The number of amides is 1. The van der Waals surface area contributed by atoms with Crippen molar-refractivity contribution in [1.82, 2.24) is 10.3 Å². The van der Waals surface area contributed by atoms with E-state index in [0.29, 0.717) is 5.92 Å². The van der Waals surface area contributed by atoms with E-state index in [4.69, 9.17) is 11.6 Å². The molecule has 1 aliphatic rings. The molecule has 0 aliphatic heterocycles. The second kappa shape index (κ2) is 8.69. The van der Waals surface area contributed by atoms with Crippen LogP contribution in [0, 0.1) is 12.8 Å². The zero-order chi connectivity index (χ0) is 20.3. The standard InChI is InChI=1S/C19H21ClF3N3OS/c1-11-10-28-18(25-11)24-9-12-2-5-14(6-3-12)26-17(27)15-8-13(19(21,22)23)4-7-16(15)20/h4,7-8,10,12,14H,2-3,5-6,9H2,1H3,(H,24,25)(H,26,27). The number of carbonyl (C=O) groups excluding carboxylic acids is 1. The Morgan fingerprint density at radius 2 is 2.00 bits per heavy atom. The zero-order valence-corrected chi connectivity index (χ0v) is 16.8. The van der Waals surface area contributed by atoms with Crippen molar-refractivity contribution in [3.8, 4) is 0 Å². The molecule has 1 aromatic carbocycles. The van der Waals surface area contributed by atoms with E-state index in [0.717, 1.165) is 61.3 Å². The first kappa shape index (κ1) is 20.9. The van der Waals surface area contributed by atoms with Crippen LogP contribution in [0.4, 0.5) is 18.3 Å². The van der Waals surface area contributed by atoms with Gasteiger partial charge in [-0.3, -0.25) is 4.79 Å². The number of anilines is 1. The number of benzene rings is 1. The minimum atomic E-state index is -4.51. The van der Waals surface area contributed by atoms with Crippen molar-refractivity contribution in [3.05, 3.63) is 45.4 Å². The van der Waals surface area contributed by atoms with Gasteiger partial charge in [0.05, 0.1) is 21.8 Å². The Bertz CT molecular complexity index is 832. The van der Waals surface area contributed by atoms with Crippen molar-refractivity contribution in [1.29, 1.82) is 0 Å². The number of aryl methyl sites for hydroxylation is 1. The molecule has 0 bridgehead atoms. The summed E-state index contributed by atoms with van der Waals surface area (Å²) in [7, 11) is 0. The Morgan fingerprint density at radius 1 is 1.29 bits per heavy atom. The Hall–Kier alpha value is -1.80. The summed E-state index contributed by atoms with van der Waals surface area (Å²) in [6.07, 6.45) is -1.09. The lowest BCUT2D eigenvalue weighted by molar-refractivity contribution is -0.137. The van der Waals surface area contributed by atoms with Gasteiger partial charge in [0.15, 0.2) is 5.13 Å². The molecule has 1 amide bonds. The van der Waals surface area contributed by atoms with Gasteiger partial charge in [-0.15, -0.1) is 11.3 Å². The van der Waals surface area contributed by atoms with Gasteiger partial charge in [-0.1, -0.05) is 11.6 Å². The van der Waals surface area contributed by atoms with Crippen molar-refractivity contribution >= 4 is 34.0 Å². The fraction of sp³-hybridized carbons (Fsp3) is 0.474. The van der Waals surface area contributed by atoms with Crippen molar-refractivity contribution in [2.45, 2.75) is 44.8 Å². The fourth-order valence-electron chi connectivity index (χ4n) is 3.32. The summed E-state index contributed by atoms with van der Waals surface area (Å²) in [5.74, 6) is -0.0783. The number of nitrogens with zero attached hydrogens (tertiary/aromatic N) is 1. The van der Waals surface area contributed by atoms with Crippen LogP contribution in [0.15, 0.2) is 23.6 Å². The number of carbonyl (C=O) groups is 1. The number of hydrogen-bond donors (Lipinski definition) is 2. The highest BCUT2D eigenvalue weighted by Crippen LogP contribution is 2.32. The van der Waals surface area contributed by atoms with Gasteiger partial charge in [0.25, 0.3) is 5.91 Å². The summed E-state index contributed by atoms with van der Waals surface area (Å²) < 4.78 is 38.6.